The monoisotopic (exact) mass is 339 g/mol. The lowest BCUT2D eigenvalue weighted by Gasteiger charge is -2.18. The summed E-state index contributed by atoms with van der Waals surface area (Å²) in [6, 6.07) is 10.9. The van der Waals surface area contributed by atoms with E-state index >= 15 is 0 Å². The number of nitrogens with one attached hydrogen (secondary N) is 1. The van der Waals surface area contributed by atoms with Gasteiger partial charge in [-0.05, 0) is 60.3 Å². The van der Waals surface area contributed by atoms with Crippen LogP contribution in [0.5, 0.6) is 0 Å². The van der Waals surface area contributed by atoms with Crippen molar-refractivity contribution in [3.05, 3.63) is 51.7 Å². The Labute approximate surface area is 141 Å². The molecule has 1 unspecified atom stereocenters. The number of thiophene rings is 1. The Morgan fingerprint density at radius 3 is 2.86 bits per heavy atom. The van der Waals surface area contributed by atoms with Gasteiger partial charge in [-0.1, -0.05) is 30.7 Å². The third-order valence-electron chi connectivity index (χ3n) is 3.32. The van der Waals surface area contributed by atoms with Gasteiger partial charge in [0.05, 0.1) is 5.02 Å². The van der Waals surface area contributed by atoms with Gasteiger partial charge < -0.3 is 5.32 Å². The molecule has 0 bridgehead atoms. The highest BCUT2D eigenvalue weighted by Gasteiger charge is 2.10. The first-order chi connectivity index (χ1) is 10.3. The van der Waals surface area contributed by atoms with Crippen LogP contribution in [-0.4, -0.2) is 18.3 Å². The summed E-state index contributed by atoms with van der Waals surface area (Å²) in [5.74, 6) is 1.06. The van der Waals surface area contributed by atoms with E-state index in [0.29, 0.717) is 6.04 Å². The zero-order chi connectivity index (χ0) is 14.9. The van der Waals surface area contributed by atoms with Crippen molar-refractivity contribution >= 4 is 34.7 Å². The highest BCUT2D eigenvalue weighted by atomic mass is 35.5. The van der Waals surface area contributed by atoms with E-state index in [4.69, 9.17) is 11.6 Å². The second kappa shape index (κ2) is 9.52. The van der Waals surface area contributed by atoms with Crippen molar-refractivity contribution in [2.45, 2.75) is 37.1 Å². The quantitative estimate of drug-likeness (QED) is 0.606. The molecule has 0 radical (unpaired) electrons. The largest absolute Gasteiger partial charge is 0.313 e. The summed E-state index contributed by atoms with van der Waals surface area (Å²) in [5.41, 5.74) is 1.45. The molecule has 21 heavy (non-hydrogen) atoms. The molecule has 0 saturated carbocycles. The van der Waals surface area contributed by atoms with Gasteiger partial charge in [0.25, 0.3) is 0 Å². The summed E-state index contributed by atoms with van der Waals surface area (Å²) in [5, 5.41) is 8.92. The van der Waals surface area contributed by atoms with E-state index in [-0.39, 0.29) is 0 Å². The molecule has 0 spiro atoms. The van der Waals surface area contributed by atoms with Gasteiger partial charge in [-0.3, -0.25) is 0 Å². The topological polar surface area (TPSA) is 12.0 Å². The van der Waals surface area contributed by atoms with Gasteiger partial charge >= 0.3 is 0 Å². The van der Waals surface area contributed by atoms with E-state index in [1.165, 1.54) is 23.3 Å². The van der Waals surface area contributed by atoms with Crippen LogP contribution in [0.4, 0.5) is 0 Å². The van der Waals surface area contributed by atoms with Gasteiger partial charge in [0.15, 0.2) is 0 Å². The fourth-order valence-electron chi connectivity index (χ4n) is 2.12. The minimum Gasteiger partial charge on any atom is -0.313 e. The molecular formula is C17H22ClNS2. The molecular weight excluding hydrogens is 318 g/mol. The first kappa shape index (κ1) is 16.9. The maximum Gasteiger partial charge on any atom is 0.0541 e. The van der Waals surface area contributed by atoms with Gasteiger partial charge in [0.2, 0.25) is 0 Å². The van der Waals surface area contributed by atoms with Crippen LogP contribution >= 0.6 is 34.7 Å². The van der Waals surface area contributed by atoms with Gasteiger partial charge in [-0.15, -0.1) is 11.8 Å². The average Bonchev–Trinajstić information content (AvgIpc) is 3.01. The van der Waals surface area contributed by atoms with Crippen LogP contribution in [0.1, 0.15) is 25.3 Å². The van der Waals surface area contributed by atoms with Crippen LogP contribution in [-0.2, 0) is 6.42 Å². The normalized spacial score (nSPS) is 12.5. The number of rotatable bonds is 9. The van der Waals surface area contributed by atoms with E-state index in [1.54, 1.807) is 11.3 Å². The SMILES string of the molecule is CCCNC(CCc1ccsc1)CSc1ccccc1Cl. The van der Waals surface area contributed by atoms with E-state index in [0.717, 1.165) is 23.7 Å². The number of hydrogen-bond acceptors (Lipinski definition) is 3. The molecule has 4 heteroatoms. The first-order valence-corrected chi connectivity index (χ1v) is 9.72. The molecule has 1 N–H and O–H groups in total. The van der Waals surface area contributed by atoms with Crippen LogP contribution in [0, 0.1) is 0 Å². The molecule has 0 amide bonds. The zero-order valence-electron chi connectivity index (χ0n) is 12.3. The van der Waals surface area contributed by atoms with Crippen LogP contribution in [0.3, 0.4) is 0 Å². The maximum absolute atomic E-state index is 6.23. The maximum atomic E-state index is 6.23. The summed E-state index contributed by atoms with van der Waals surface area (Å²) in [6.07, 6.45) is 3.49. The highest BCUT2D eigenvalue weighted by Crippen LogP contribution is 2.27. The summed E-state index contributed by atoms with van der Waals surface area (Å²) in [7, 11) is 0. The zero-order valence-corrected chi connectivity index (χ0v) is 14.7. The molecule has 1 atom stereocenters. The lowest BCUT2D eigenvalue weighted by Crippen LogP contribution is -2.32. The Hall–Kier alpha value is -0.480. The van der Waals surface area contributed by atoms with Crippen LogP contribution in [0.25, 0.3) is 0 Å². The van der Waals surface area contributed by atoms with Gasteiger partial charge in [0.1, 0.15) is 0 Å². The summed E-state index contributed by atoms with van der Waals surface area (Å²) in [6.45, 7) is 3.29. The number of aryl methyl sites for hydroxylation is 1. The fraction of sp³-hybridized carbons (Fsp3) is 0.412. The minimum absolute atomic E-state index is 0.533. The Morgan fingerprint density at radius 1 is 1.29 bits per heavy atom. The molecule has 0 saturated heterocycles. The minimum atomic E-state index is 0.533. The summed E-state index contributed by atoms with van der Waals surface area (Å²) in [4.78, 5) is 1.18. The molecule has 1 nitrogen and oxygen atoms in total. The standard InChI is InChI=1S/C17H22ClNS2/c1-2-10-19-15(8-7-14-9-11-20-12-14)13-21-17-6-4-3-5-16(17)18/h3-6,9,11-12,15,19H,2,7-8,10,13H2,1H3. The van der Waals surface area contributed by atoms with Crippen molar-refractivity contribution < 1.29 is 0 Å². The van der Waals surface area contributed by atoms with Crippen molar-refractivity contribution in [1.82, 2.24) is 5.32 Å². The molecule has 0 aliphatic rings. The molecule has 1 heterocycles. The molecule has 0 aliphatic carbocycles. The van der Waals surface area contributed by atoms with Gasteiger partial charge in [-0.25, -0.2) is 0 Å². The predicted molar refractivity (Wildman–Crippen MR) is 96.9 cm³/mol. The first-order valence-electron chi connectivity index (χ1n) is 7.41. The van der Waals surface area contributed by atoms with Gasteiger partial charge in [0, 0.05) is 16.7 Å². The van der Waals surface area contributed by atoms with Crippen molar-refractivity contribution in [2.75, 3.05) is 12.3 Å². The Kier molecular flexibility index (Phi) is 7.65. The fourth-order valence-corrected chi connectivity index (χ4v) is 4.17. The number of thioether (sulfide) groups is 1. The third-order valence-corrected chi connectivity index (χ3v) is 5.73. The average molecular weight is 340 g/mol. The van der Waals surface area contributed by atoms with Gasteiger partial charge in [-0.2, -0.15) is 11.3 Å². The van der Waals surface area contributed by atoms with Crippen molar-refractivity contribution in [2.24, 2.45) is 0 Å². The van der Waals surface area contributed by atoms with Crippen molar-refractivity contribution in [1.29, 1.82) is 0 Å². The molecule has 0 fully saturated rings. The van der Waals surface area contributed by atoms with E-state index < -0.39 is 0 Å². The molecule has 2 aromatic rings. The second-order valence-corrected chi connectivity index (χ2v) is 7.31. The third kappa shape index (κ3) is 6.03. The van der Waals surface area contributed by atoms with Crippen LogP contribution in [0.15, 0.2) is 46.0 Å². The Balaban J connectivity index is 1.85. The predicted octanol–water partition coefficient (Wildman–Crippen LogP) is 5.49. The lowest BCUT2D eigenvalue weighted by atomic mass is 10.1. The molecule has 0 aliphatic heterocycles. The summed E-state index contributed by atoms with van der Waals surface area (Å²) >= 11 is 9.86. The Morgan fingerprint density at radius 2 is 2.14 bits per heavy atom. The number of hydrogen-bond donors (Lipinski definition) is 1. The molecule has 2 rings (SSSR count). The van der Waals surface area contributed by atoms with E-state index in [2.05, 4.69) is 35.1 Å². The van der Waals surface area contributed by atoms with Crippen molar-refractivity contribution in [3.8, 4) is 0 Å². The molecule has 114 valence electrons. The van der Waals surface area contributed by atoms with E-state index in [9.17, 15) is 0 Å². The lowest BCUT2D eigenvalue weighted by molar-refractivity contribution is 0.520. The Bertz CT molecular complexity index is 513. The summed E-state index contributed by atoms with van der Waals surface area (Å²) < 4.78 is 0. The molecule has 1 aromatic carbocycles. The number of benzene rings is 1. The number of halogens is 1. The second-order valence-electron chi connectivity index (χ2n) is 5.06. The smallest absolute Gasteiger partial charge is 0.0541 e. The van der Waals surface area contributed by atoms with Crippen LogP contribution < -0.4 is 5.32 Å². The van der Waals surface area contributed by atoms with E-state index in [1.807, 2.05) is 30.0 Å². The van der Waals surface area contributed by atoms with Crippen molar-refractivity contribution in [3.63, 3.8) is 0 Å². The highest BCUT2D eigenvalue weighted by molar-refractivity contribution is 7.99. The molecule has 1 aromatic heterocycles. The van der Waals surface area contributed by atoms with Crippen LogP contribution in [0.2, 0.25) is 5.02 Å².